The second-order valence-corrected chi connectivity index (χ2v) is 6.65. The van der Waals surface area contributed by atoms with E-state index in [0.29, 0.717) is 0 Å². The lowest BCUT2D eigenvalue weighted by Crippen LogP contribution is -2.66. The molecule has 2 fully saturated rings. The summed E-state index contributed by atoms with van der Waals surface area (Å²) in [6, 6.07) is 6.38. The Morgan fingerprint density at radius 2 is 1.78 bits per heavy atom. The number of likely N-dealkylation sites (tertiary alicyclic amines) is 1. The summed E-state index contributed by atoms with van der Waals surface area (Å²) in [5.41, 5.74) is 7.60. The van der Waals surface area contributed by atoms with Crippen LogP contribution in [0.1, 0.15) is 24.0 Å². The number of amides is 1. The quantitative estimate of drug-likeness (QED) is 0.758. The molecule has 3 aliphatic rings. The molecule has 6 nitrogen and oxygen atoms in total. The van der Waals surface area contributed by atoms with Gasteiger partial charge in [-0.25, -0.2) is 5.43 Å². The van der Waals surface area contributed by atoms with E-state index >= 15 is 0 Å². The first-order valence-corrected chi connectivity index (χ1v) is 8.26. The summed E-state index contributed by atoms with van der Waals surface area (Å²) in [4.78, 5) is 14.7. The summed E-state index contributed by atoms with van der Waals surface area (Å²) in [5, 5.41) is 8.50. The number of hydrogen-bond donors (Lipinski definition) is 3. The summed E-state index contributed by atoms with van der Waals surface area (Å²) in [6.45, 7) is 6.23. The monoisotopic (exact) mass is 313 g/mol. The van der Waals surface area contributed by atoms with Crippen LogP contribution in [0.25, 0.3) is 0 Å². The number of nitrogens with one attached hydrogen (secondary N) is 3. The van der Waals surface area contributed by atoms with Crippen LogP contribution in [0.4, 0.5) is 5.69 Å². The Morgan fingerprint density at radius 3 is 2.48 bits per heavy atom. The van der Waals surface area contributed by atoms with Crippen molar-refractivity contribution in [2.75, 3.05) is 18.1 Å². The zero-order valence-electron chi connectivity index (χ0n) is 13.6. The molecule has 122 valence electrons. The minimum absolute atomic E-state index is 0.00465. The van der Waals surface area contributed by atoms with Crippen molar-refractivity contribution >= 4 is 11.6 Å². The van der Waals surface area contributed by atoms with Crippen LogP contribution < -0.4 is 21.1 Å². The SMILES string of the molecule is Cc1cc(C)cc(N2C=C3C(=O)NC(N4CCCC4)NC3N2)c1. The Kier molecular flexibility index (Phi) is 3.60. The maximum atomic E-state index is 12.4. The van der Waals surface area contributed by atoms with Crippen molar-refractivity contribution in [1.82, 2.24) is 21.0 Å². The smallest absolute Gasteiger partial charge is 0.254 e. The fourth-order valence-electron chi connectivity index (χ4n) is 3.62. The highest BCUT2D eigenvalue weighted by Crippen LogP contribution is 2.24. The molecule has 23 heavy (non-hydrogen) atoms. The van der Waals surface area contributed by atoms with E-state index in [4.69, 9.17) is 0 Å². The summed E-state index contributed by atoms with van der Waals surface area (Å²) in [6.07, 6.45) is 4.06. The van der Waals surface area contributed by atoms with Crippen molar-refractivity contribution < 1.29 is 4.79 Å². The van der Waals surface area contributed by atoms with E-state index in [1.165, 1.54) is 24.0 Å². The molecule has 0 aliphatic carbocycles. The minimum atomic E-state index is -0.143. The van der Waals surface area contributed by atoms with Gasteiger partial charge >= 0.3 is 0 Å². The molecule has 0 aromatic heterocycles. The standard InChI is InChI=1S/C17H23N5O/c1-11-7-12(2)9-13(8-11)22-10-14-15(20-22)18-17(19-16(14)23)21-5-3-4-6-21/h7-10,15,17-18,20H,3-6H2,1-2H3,(H,19,23). The van der Waals surface area contributed by atoms with E-state index in [1.807, 2.05) is 11.2 Å². The molecule has 2 unspecified atom stereocenters. The summed E-state index contributed by atoms with van der Waals surface area (Å²) in [5.74, 6) is 0.00465. The molecule has 1 amide bonds. The average Bonchev–Trinajstić information content (AvgIpc) is 3.15. The van der Waals surface area contributed by atoms with Gasteiger partial charge in [0.05, 0.1) is 11.3 Å². The first-order valence-electron chi connectivity index (χ1n) is 8.26. The van der Waals surface area contributed by atoms with E-state index < -0.39 is 0 Å². The van der Waals surface area contributed by atoms with Crippen LogP contribution in [0.15, 0.2) is 30.0 Å². The van der Waals surface area contributed by atoms with Crippen LogP contribution >= 0.6 is 0 Å². The Hall–Kier alpha value is -1.89. The van der Waals surface area contributed by atoms with E-state index in [-0.39, 0.29) is 18.4 Å². The second kappa shape index (κ2) is 5.63. The molecule has 0 radical (unpaired) electrons. The van der Waals surface area contributed by atoms with Crippen molar-refractivity contribution in [3.63, 3.8) is 0 Å². The van der Waals surface area contributed by atoms with Gasteiger partial charge in [-0.15, -0.1) is 0 Å². The molecule has 1 aromatic rings. The van der Waals surface area contributed by atoms with Crippen LogP contribution in [-0.4, -0.2) is 36.4 Å². The van der Waals surface area contributed by atoms with Crippen molar-refractivity contribution in [1.29, 1.82) is 0 Å². The van der Waals surface area contributed by atoms with Crippen molar-refractivity contribution in [2.24, 2.45) is 0 Å². The maximum absolute atomic E-state index is 12.4. The van der Waals surface area contributed by atoms with E-state index in [1.54, 1.807) is 0 Å². The number of rotatable bonds is 2. The van der Waals surface area contributed by atoms with Crippen LogP contribution in [0.5, 0.6) is 0 Å². The fraction of sp³-hybridized carbons (Fsp3) is 0.471. The van der Waals surface area contributed by atoms with Gasteiger partial charge in [0.1, 0.15) is 12.5 Å². The predicted octanol–water partition coefficient (Wildman–Crippen LogP) is 0.937. The van der Waals surface area contributed by atoms with Gasteiger partial charge in [0.25, 0.3) is 5.91 Å². The molecular formula is C17H23N5O. The predicted molar refractivity (Wildman–Crippen MR) is 89.3 cm³/mol. The Bertz CT molecular complexity index is 645. The number of hydrazine groups is 1. The topological polar surface area (TPSA) is 59.6 Å². The molecular weight excluding hydrogens is 290 g/mol. The molecule has 1 aromatic carbocycles. The van der Waals surface area contributed by atoms with Crippen LogP contribution in [-0.2, 0) is 4.79 Å². The van der Waals surface area contributed by atoms with Crippen molar-refractivity contribution in [2.45, 2.75) is 39.1 Å². The Labute approximate surface area is 136 Å². The lowest BCUT2D eigenvalue weighted by Gasteiger charge is -2.36. The second-order valence-electron chi connectivity index (χ2n) is 6.65. The third-order valence-corrected chi connectivity index (χ3v) is 4.69. The number of hydrogen-bond acceptors (Lipinski definition) is 5. The van der Waals surface area contributed by atoms with Gasteiger partial charge < -0.3 is 5.32 Å². The lowest BCUT2D eigenvalue weighted by molar-refractivity contribution is -0.121. The average molecular weight is 313 g/mol. The van der Waals surface area contributed by atoms with Gasteiger partial charge in [-0.2, -0.15) is 0 Å². The molecule has 6 heteroatoms. The van der Waals surface area contributed by atoms with Gasteiger partial charge in [-0.05, 0) is 49.9 Å². The first-order chi connectivity index (χ1) is 11.1. The molecule has 3 aliphatic heterocycles. The highest BCUT2D eigenvalue weighted by atomic mass is 16.2. The highest BCUT2D eigenvalue weighted by molar-refractivity contribution is 5.96. The molecule has 2 saturated heterocycles. The zero-order chi connectivity index (χ0) is 16.0. The summed E-state index contributed by atoms with van der Waals surface area (Å²) < 4.78 is 0. The summed E-state index contributed by atoms with van der Waals surface area (Å²) in [7, 11) is 0. The number of benzene rings is 1. The summed E-state index contributed by atoms with van der Waals surface area (Å²) >= 11 is 0. The van der Waals surface area contributed by atoms with Gasteiger partial charge in [0.2, 0.25) is 0 Å². The minimum Gasteiger partial charge on any atom is -0.324 e. The van der Waals surface area contributed by atoms with Crippen molar-refractivity contribution in [3.05, 3.63) is 41.1 Å². The van der Waals surface area contributed by atoms with Gasteiger partial charge in [0.15, 0.2) is 0 Å². The lowest BCUT2D eigenvalue weighted by atomic mass is 10.1. The van der Waals surface area contributed by atoms with Gasteiger partial charge in [-0.3, -0.25) is 20.0 Å². The number of carbonyl (C=O) groups is 1. The Balaban J connectivity index is 1.54. The molecule has 0 spiro atoms. The largest absolute Gasteiger partial charge is 0.324 e. The molecule has 3 N–H and O–H groups in total. The van der Waals surface area contributed by atoms with E-state index in [0.717, 1.165) is 24.4 Å². The molecule has 0 bridgehead atoms. The number of anilines is 1. The molecule has 2 atom stereocenters. The maximum Gasteiger partial charge on any atom is 0.254 e. The number of fused-ring (bicyclic) bond motifs is 1. The first kappa shape index (κ1) is 14.7. The number of nitrogens with zero attached hydrogens (tertiary/aromatic N) is 2. The fourth-order valence-corrected chi connectivity index (χ4v) is 3.62. The normalized spacial score (nSPS) is 27.8. The highest BCUT2D eigenvalue weighted by Gasteiger charge is 2.38. The molecule has 0 saturated carbocycles. The third kappa shape index (κ3) is 2.73. The Morgan fingerprint density at radius 1 is 1.09 bits per heavy atom. The molecule has 3 heterocycles. The van der Waals surface area contributed by atoms with Gasteiger partial charge in [0, 0.05) is 19.3 Å². The number of aryl methyl sites for hydroxylation is 2. The van der Waals surface area contributed by atoms with Crippen molar-refractivity contribution in [3.8, 4) is 0 Å². The van der Waals surface area contributed by atoms with E-state index in [2.05, 4.69) is 53.0 Å². The zero-order valence-corrected chi connectivity index (χ0v) is 13.6. The van der Waals surface area contributed by atoms with Crippen LogP contribution in [0.3, 0.4) is 0 Å². The van der Waals surface area contributed by atoms with Gasteiger partial charge in [-0.1, -0.05) is 6.07 Å². The van der Waals surface area contributed by atoms with Crippen LogP contribution in [0, 0.1) is 13.8 Å². The third-order valence-electron chi connectivity index (χ3n) is 4.69. The van der Waals surface area contributed by atoms with E-state index in [9.17, 15) is 4.79 Å². The molecule has 4 rings (SSSR count). The van der Waals surface area contributed by atoms with Crippen LogP contribution in [0.2, 0.25) is 0 Å². The number of carbonyl (C=O) groups excluding carboxylic acids is 1.